The molecule has 5 nitrogen and oxygen atoms in total. The fraction of sp³-hybridized carbons (Fsp3) is 0.316. The summed E-state index contributed by atoms with van der Waals surface area (Å²) in [5, 5.41) is 3.53. The highest BCUT2D eigenvalue weighted by molar-refractivity contribution is 7.99. The molecule has 0 saturated carbocycles. The summed E-state index contributed by atoms with van der Waals surface area (Å²) in [4.78, 5) is 13.7. The molecular weight excluding hydrogens is 404 g/mol. The summed E-state index contributed by atoms with van der Waals surface area (Å²) in [7, 11) is -3.60. The average Bonchev–Trinajstić information content (AvgIpc) is 2.64. The molecule has 0 unspecified atom stereocenters. The Bertz CT molecular complexity index is 843. The fourth-order valence-corrected chi connectivity index (χ4v) is 4.73. The van der Waals surface area contributed by atoms with Crippen LogP contribution < -0.4 is 9.62 Å². The van der Waals surface area contributed by atoms with Crippen molar-refractivity contribution in [2.45, 2.75) is 24.3 Å². The van der Waals surface area contributed by atoms with E-state index < -0.39 is 16.1 Å². The zero-order valence-corrected chi connectivity index (χ0v) is 17.7. The third-order valence-corrected chi connectivity index (χ3v) is 6.27. The number of hydrogen-bond acceptors (Lipinski definition) is 4. The van der Waals surface area contributed by atoms with Crippen LogP contribution in [0.25, 0.3) is 0 Å². The molecule has 2 rings (SSSR count). The van der Waals surface area contributed by atoms with Gasteiger partial charge in [0, 0.05) is 22.2 Å². The van der Waals surface area contributed by atoms with E-state index in [9.17, 15) is 13.2 Å². The van der Waals surface area contributed by atoms with Crippen LogP contribution in [0.2, 0.25) is 5.02 Å². The monoisotopic (exact) mass is 426 g/mol. The predicted octanol–water partition coefficient (Wildman–Crippen LogP) is 3.79. The van der Waals surface area contributed by atoms with Crippen molar-refractivity contribution in [2.75, 3.05) is 22.9 Å². The van der Waals surface area contributed by atoms with Gasteiger partial charge in [0.15, 0.2) is 0 Å². The molecule has 0 fully saturated rings. The largest absolute Gasteiger partial charge is 0.353 e. The van der Waals surface area contributed by atoms with Crippen molar-refractivity contribution in [3.8, 4) is 0 Å². The first kappa shape index (κ1) is 21.6. The smallest absolute Gasteiger partial charge is 0.243 e. The van der Waals surface area contributed by atoms with Gasteiger partial charge in [0.05, 0.1) is 11.9 Å². The molecule has 2 aromatic carbocycles. The number of rotatable bonds is 9. The number of para-hydroxylation sites is 1. The number of thioether (sulfide) groups is 1. The van der Waals surface area contributed by atoms with Gasteiger partial charge in [-0.05, 0) is 42.8 Å². The summed E-state index contributed by atoms with van der Waals surface area (Å²) < 4.78 is 25.8. The Kier molecular flexibility index (Phi) is 8.01. The maximum atomic E-state index is 12.6. The lowest BCUT2D eigenvalue weighted by atomic mass is 10.2. The number of carbonyl (C=O) groups is 1. The Hall–Kier alpha value is -1.70. The maximum Gasteiger partial charge on any atom is 0.243 e. The Labute approximate surface area is 170 Å². The summed E-state index contributed by atoms with van der Waals surface area (Å²) in [5.74, 6) is 0.372. The summed E-state index contributed by atoms with van der Waals surface area (Å²) in [6.07, 6.45) is 1.49. The molecule has 1 N–H and O–H groups in total. The normalized spacial score (nSPS) is 12.4. The van der Waals surface area contributed by atoms with Crippen molar-refractivity contribution < 1.29 is 13.2 Å². The first-order chi connectivity index (χ1) is 12.8. The van der Waals surface area contributed by atoms with E-state index in [1.54, 1.807) is 49.0 Å². The van der Waals surface area contributed by atoms with Crippen molar-refractivity contribution >= 4 is 45.0 Å². The van der Waals surface area contributed by atoms with Crippen molar-refractivity contribution in [3.05, 3.63) is 59.6 Å². The number of hydrogen-bond donors (Lipinski definition) is 1. The van der Waals surface area contributed by atoms with Crippen LogP contribution in [-0.4, -0.2) is 38.9 Å². The van der Waals surface area contributed by atoms with Gasteiger partial charge in [0.1, 0.15) is 6.04 Å². The zero-order chi connectivity index (χ0) is 19.9. The minimum absolute atomic E-state index is 0.302. The minimum Gasteiger partial charge on any atom is -0.353 e. The molecule has 0 bridgehead atoms. The minimum atomic E-state index is -3.60. The van der Waals surface area contributed by atoms with Gasteiger partial charge in [-0.3, -0.25) is 9.10 Å². The van der Waals surface area contributed by atoms with E-state index in [1.807, 2.05) is 24.3 Å². The Morgan fingerprint density at radius 2 is 1.78 bits per heavy atom. The molecule has 0 heterocycles. The van der Waals surface area contributed by atoms with Gasteiger partial charge in [0.2, 0.25) is 15.9 Å². The van der Waals surface area contributed by atoms with Crippen LogP contribution in [0.5, 0.6) is 0 Å². The highest BCUT2D eigenvalue weighted by Gasteiger charge is 2.31. The second-order valence-electron chi connectivity index (χ2n) is 5.91. The number of anilines is 1. The van der Waals surface area contributed by atoms with Crippen molar-refractivity contribution in [3.63, 3.8) is 0 Å². The SMILES string of the molecule is CC[C@@H](C(=O)NCCSc1ccc(Cl)cc1)N(c1ccccc1)S(C)(=O)=O. The van der Waals surface area contributed by atoms with Crippen molar-refractivity contribution in [1.29, 1.82) is 0 Å². The standard InChI is InChI=1S/C19H23ClN2O3S2/c1-3-18(22(27(2,24)25)16-7-5-4-6-8-16)19(23)21-13-14-26-17-11-9-15(20)10-12-17/h4-12,18H,3,13-14H2,1-2H3,(H,21,23)/t18-/m0/s1. The third kappa shape index (κ3) is 6.45. The van der Waals surface area contributed by atoms with Gasteiger partial charge in [-0.25, -0.2) is 8.42 Å². The first-order valence-corrected chi connectivity index (χ1v) is 11.7. The molecule has 27 heavy (non-hydrogen) atoms. The molecule has 0 aliphatic heterocycles. The average molecular weight is 427 g/mol. The molecule has 0 saturated heterocycles. The number of benzene rings is 2. The van der Waals surface area contributed by atoms with E-state index in [1.165, 1.54) is 4.31 Å². The Balaban J connectivity index is 1.99. The summed E-state index contributed by atoms with van der Waals surface area (Å²) in [6, 6.07) is 15.4. The fourth-order valence-electron chi connectivity index (χ4n) is 2.63. The first-order valence-electron chi connectivity index (χ1n) is 8.53. The van der Waals surface area contributed by atoms with Gasteiger partial charge in [-0.1, -0.05) is 36.7 Å². The van der Waals surface area contributed by atoms with Crippen LogP contribution in [0.15, 0.2) is 59.5 Å². The lowest BCUT2D eigenvalue weighted by molar-refractivity contribution is -0.122. The molecule has 1 atom stereocenters. The molecule has 0 aliphatic carbocycles. The van der Waals surface area contributed by atoms with E-state index >= 15 is 0 Å². The van der Waals surface area contributed by atoms with Gasteiger partial charge in [0.25, 0.3) is 0 Å². The quantitative estimate of drug-likeness (QED) is 0.489. The number of sulfonamides is 1. The van der Waals surface area contributed by atoms with Crippen LogP contribution >= 0.6 is 23.4 Å². The van der Waals surface area contributed by atoms with Crippen LogP contribution in [0.1, 0.15) is 13.3 Å². The molecule has 0 spiro atoms. The number of halogens is 1. The molecule has 146 valence electrons. The van der Waals surface area contributed by atoms with E-state index in [0.29, 0.717) is 29.4 Å². The number of nitrogens with one attached hydrogen (secondary N) is 1. The highest BCUT2D eigenvalue weighted by Crippen LogP contribution is 2.22. The van der Waals surface area contributed by atoms with E-state index in [-0.39, 0.29) is 5.91 Å². The van der Waals surface area contributed by atoms with Crippen LogP contribution in [0.4, 0.5) is 5.69 Å². The third-order valence-electron chi connectivity index (χ3n) is 3.82. The summed E-state index contributed by atoms with van der Waals surface area (Å²) >= 11 is 7.46. The molecular formula is C19H23ClN2O3S2. The lowest BCUT2D eigenvalue weighted by Gasteiger charge is -2.30. The summed E-state index contributed by atoms with van der Waals surface area (Å²) in [5.41, 5.74) is 0.484. The molecule has 0 aliphatic rings. The van der Waals surface area contributed by atoms with Gasteiger partial charge < -0.3 is 5.32 Å². The number of nitrogens with zero attached hydrogens (tertiary/aromatic N) is 1. The lowest BCUT2D eigenvalue weighted by Crippen LogP contribution is -2.49. The number of amides is 1. The van der Waals surface area contributed by atoms with Crippen molar-refractivity contribution in [2.24, 2.45) is 0 Å². The van der Waals surface area contributed by atoms with E-state index in [2.05, 4.69) is 5.32 Å². The van der Waals surface area contributed by atoms with Gasteiger partial charge in [-0.15, -0.1) is 11.8 Å². The molecule has 0 aromatic heterocycles. The van der Waals surface area contributed by atoms with Crippen LogP contribution in [0.3, 0.4) is 0 Å². The topological polar surface area (TPSA) is 66.5 Å². The van der Waals surface area contributed by atoms with E-state index in [0.717, 1.165) is 11.2 Å². The second-order valence-corrected chi connectivity index (χ2v) is 9.38. The molecule has 0 radical (unpaired) electrons. The molecule has 8 heteroatoms. The molecule has 2 aromatic rings. The predicted molar refractivity (Wildman–Crippen MR) is 113 cm³/mol. The highest BCUT2D eigenvalue weighted by atomic mass is 35.5. The zero-order valence-electron chi connectivity index (χ0n) is 15.3. The van der Waals surface area contributed by atoms with Crippen LogP contribution in [0, 0.1) is 0 Å². The van der Waals surface area contributed by atoms with Gasteiger partial charge in [-0.2, -0.15) is 0 Å². The second kappa shape index (κ2) is 10.0. The maximum absolute atomic E-state index is 12.6. The Morgan fingerprint density at radius 3 is 2.33 bits per heavy atom. The Morgan fingerprint density at radius 1 is 1.15 bits per heavy atom. The number of carbonyl (C=O) groups excluding carboxylic acids is 1. The van der Waals surface area contributed by atoms with Crippen LogP contribution in [-0.2, 0) is 14.8 Å². The van der Waals surface area contributed by atoms with E-state index in [4.69, 9.17) is 11.6 Å². The summed E-state index contributed by atoms with van der Waals surface area (Å²) in [6.45, 7) is 2.24. The molecule has 1 amide bonds. The van der Waals surface area contributed by atoms with Gasteiger partial charge >= 0.3 is 0 Å². The van der Waals surface area contributed by atoms with Crippen molar-refractivity contribution in [1.82, 2.24) is 5.32 Å².